The SMILES string of the molecule is S=c1sc(SCCS)nn1-c1ccccc1. The average Bonchev–Trinajstić information content (AvgIpc) is 2.69. The first-order chi connectivity index (χ1) is 7.81. The smallest absolute Gasteiger partial charge is 0.184 e. The summed E-state index contributed by atoms with van der Waals surface area (Å²) in [5, 5.41) is 4.48. The molecule has 0 amide bonds. The van der Waals surface area contributed by atoms with Crippen LogP contribution in [0.5, 0.6) is 0 Å². The Morgan fingerprint density at radius 2 is 2.12 bits per heavy atom. The number of thiol groups is 1. The van der Waals surface area contributed by atoms with Gasteiger partial charge in [-0.25, -0.2) is 4.68 Å². The molecule has 0 aliphatic carbocycles. The number of para-hydroxylation sites is 1. The lowest BCUT2D eigenvalue weighted by Crippen LogP contribution is -1.95. The van der Waals surface area contributed by atoms with Crippen LogP contribution in [0.1, 0.15) is 0 Å². The lowest BCUT2D eigenvalue weighted by molar-refractivity contribution is 0.829. The molecule has 0 aliphatic rings. The summed E-state index contributed by atoms with van der Waals surface area (Å²) in [6.07, 6.45) is 0. The molecule has 2 aromatic rings. The summed E-state index contributed by atoms with van der Waals surface area (Å²) < 4.78 is 3.59. The molecule has 0 saturated heterocycles. The molecule has 1 aromatic carbocycles. The molecule has 0 atom stereocenters. The van der Waals surface area contributed by atoms with Crippen LogP contribution in [-0.2, 0) is 0 Å². The van der Waals surface area contributed by atoms with Gasteiger partial charge in [-0.1, -0.05) is 41.3 Å². The van der Waals surface area contributed by atoms with Gasteiger partial charge in [0.05, 0.1) is 5.69 Å². The lowest BCUT2D eigenvalue weighted by Gasteiger charge is -1.98. The standard InChI is InChI=1S/C10H10N2S4/c13-6-7-15-9-11-12(10(14)16-9)8-4-2-1-3-5-8/h1-5,13H,6-7H2. The number of nitrogens with zero attached hydrogens (tertiary/aromatic N) is 2. The zero-order valence-corrected chi connectivity index (χ0v) is 11.7. The van der Waals surface area contributed by atoms with Gasteiger partial charge < -0.3 is 0 Å². The van der Waals surface area contributed by atoms with Crippen molar-refractivity contribution in [3.63, 3.8) is 0 Å². The van der Waals surface area contributed by atoms with E-state index in [-0.39, 0.29) is 0 Å². The van der Waals surface area contributed by atoms with Crippen LogP contribution in [0.25, 0.3) is 5.69 Å². The second-order valence-corrected chi connectivity index (χ2v) is 6.37. The van der Waals surface area contributed by atoms with E-state index in [1.807, 2.05) is 30.3 Å². The number of hydrogen-bond acceptors (Lipinski definition) is 5. The minimum absolute atomic E-state index is 0.785. The Bertz CT molecular complexity index is 503. The van der Waals surface area contributed by atoms with Gasteiger partial charge in [0.1, 0.15) is 0 Å². The topological polar surface area (TPSA) is 17.8 Å². The Kier molecular flexibility index (Phi) is 4.45. The van der Waals surface area contributed by atoms with Crippen LogP contribution in [-0.4, -0.2) is 21.3 Å². The zero-order valence-electron chi connectivity index (χ0n) is 8.37. The maximum atomic E-state index is 5.29. The molecule has 2 rings (SSSR count). The van der Waals surface area contributed by atoms with Crippen LogP contribution in [0, 0.1) is 3.95 Å². The summed E-state index contributed by atoms with van der Waals surface area (Å²) in [6.45, 7) is 0. The first-order valence-electron chi connectivity index (χ1n) is 4.70. The van der Waals surface area contributed by atoms with E-state index in [4.69, 9.17) is 12.2 Å². The van der Waals surface area contributed by atoms with Crippen molar-refractivity contribution in [3.05, 3.63) is 34.3 Å². The Labute approximate surface area is 113 Å². The van der Waals surface area contributed by atoms with Gasteiger partial charge in [0, 0.05) is 5.75 Å². The first kappa shape index (κ1) is 12.2. The van der Waals surface area contributed by atoms with E-state index in [0.29, 0.717) is 0 Å². The molecule has 0 bridgehead atoms. The summed E-state index contributed by atoms with van der Waals surface area (Å²) in [5.74, 6) is 1.81. The molecule has 0 radical (unpaired) electrons. The molecule has 1 aromatic heterocycles. The summed E-state index contributed by atoms with van der Waals surface area (Å²) in [5.41, 5.74) is 1.02. The van der Waals surface area contributed by atoms with Crippen molar-refractivity contribution in [1.29, 1.82) is 0 Å². The Morgan fingerprint density at radius 3 is 2.81 bits per heavy atom. The molecule has 0 spiro atoms. The zero-order chi connectivity index (χ0) is 11.4. The van der Waals surface area contributed by atoms with Crippen molar-refractivity contribution in [2.24, 2.45) is 0 Å². The summed E-state index contributed by atoms with van der Waals surface area (Å²) >= 11 is 12.7. The molecule has 0 N–H and O–H groups in total. The quantitative estimate of drug-likeness (QED) is 0.525. The lowest BCUT2D eigenvalue weighted by atomic mass is 10.3. The van der Waals surface area contributed by atoms with Gasteiger partial charge in [-0.2, -0.15) is 12.6 Å². The fraction of sp³-hybridized carbons (Fsp3) is 0.200. The number of hydrogen-bond donors (Lipinski definition) is 1. The normalized spacial score (nSPS) is 10.6. The number of aromatic nitrogens is 2. The van der Waals surface area contributed by atoms with Crippen molar-refractivity contribution < 1.29 is 0 Å². The van der Waals surface area contributed by atoms with Crippen LogP contribution in [0.4, 0.5) is 0 Å². The maximum Gasteiger partial charge on any atom is 0.184 e. The molecule has 16 heavy (non-hydrogen) atoms. The molecule has 0 saturated carbocycles. The van der Waals surface area contributed by atoms with Gasteiger partial charge in [-0.3, -0.25) is 0 Å². The molecule has 0 unspecified atom stereocenters. The highest BCUT2D eigenvalue weighted by Crippen LogP contribution is 2.23. The van der Waals surface area contributed by atoms with E-state index in [9.17, 15) is 0 Å². The highest BCUT2D eigenvalue weighted by molar-refractivity contribution is 8.01. The highest BCUT2D eigenvalue weighted by atomic mass is 32.2. The van der Waals surface area contributed by atoms with Crippen molar-refractivity contribution in [3.8, 4) is 5.69 Å². The van der Waals surface area contributed by atoms with Crippen molar-refractivity contribution >= 4 is 47.9 Å². The third kappa shape index (κ3) is 2.88. The van der Waals surface area contributed by atoms with E-state index in [2.05, 4.69) is 17.7 Å². The van der Waals surface area contributed by atoms with Crippen molar-refractivity contribution in [2.45, 2.75) is 4.34 Å². The minimum atomic E-state index is 0.785. The summed E-state index contributed by atoms with van der Waals surface area (Å²) in [6, 6.07) is 9.95. The molecular formula is C10H10N2S4. The Hall–Kier alpha value is -0.300. The third-order valence-corrected chi connectivity index (χ3v) is 4.74. The van der Waals surface area contributed by atoms with Gasteiger partial charge in [-0.05, 0) is 30.1 Å². The van der Waals surface area contributed by atoms with Crippen molar-refractivity contribution in [1.82, 2.24) is 9.78 Å². The minimum Gasteiger partial charge on any atom is -0.211 e. The summed E-state index contributed by atoms with van der Waals surface area (Å²) in [4.78, 5) is 0. The highest BCUT2D eigenvalue weighted by Gasteiger charge is 2.05. The largest absolute Gasteiger partial charge is 0.211 e. The molecular weight excluding hydrogens is 276 g/mol. The molecule has 84 valence electrons. The van der Waals surface area contributed by atoms with E-state index >= 15 is 0 Å². The fourth-order valence-electron chi connectivity index (χ4n) is 1.18. The molecule has 0 fully saturated rings. The average molecular weight is 286 g/mol. The van der Waals surface area contributed by atoms with Gasteiger partial charge in [0.15, 0.2) is 8.29 Å². The first-order valence-corrected chi connectivity index (χ1v) is 7.55. The third-order valence-electron chi connectivity index (χ3n) is 1.85. The number of thioether (sulfide) groups is 1. The van der Waals surface area contributed by atoms with Gasteiger partial charge >= 0.3 is 0 Å². The number of benzene rings is 1. The van der Waals surface area contributed by atoms with E-state index in [1.54, 1.807) is 27.8 Å². The maximum absolute atomic E-state index is 5.29. The Balaban J connectivity index is 2.29. The monoisotopic (exact) mass is 286 g/mol. The number of rotatable bonds is 4. The van der Waals surface area contributed by atoms with Gasteiger partial charge in [-0.15, -0.1) is 5.10 Å². The van der Waals surface area contributed by atoms with Crippen LogP contribution in [0.3, 0.4) is 0 Å². The summed E-state index contributed by atoms with van der Waals surface area (Å²) in [7, 11) is 0. The van der Waals surface area contributed by atoms with Crippen molar-refractivity contribution in [2.75, 3.05) is 11.5 Å². The predicted molar refractivity (Wildman–Crippen MR) is 76.9 cm³/mol. The van der Waals surface area contributed by atoms with Crippen LogP contribution < -0.4 is 0 Å². The van der Waals surface area contributed by atoms with Crippen LogP contribution >= 0.6 is 47.9 Å². The fourth-order valence-corrected chi connectivity index (χ4v) is 3.63. The van der Waals surface area contributed by atoms with Gasteiger partial charge in [0.25, 0.3) is 0 Å². The van der Waals surface area contributed by atoms with Crippen LogP contribution in [0.2, 0.25) is 0 Å². The van der Waals surface area contributed by atoms with Crippen LogP contribution in [0.15, 0.2) is 34.7 Å². The van der Waals surface area contributed by atoms with Gasteiger partial charge in [0.2, 0.25) is 0 Å². The molecule has 0 aliphatic heterocycles. The second-order valence-electron chi connectivity index (χ2n) is 2.95. The van der Waals surface area contributed by atoms with E-state index in [1.165, 1.54) is 0 Å². The second kappa shape index (κ2) is 5.86. The molecule has 1 heterocycles. The van der Waals surface area contributed by atoms with E-state index < -0.39 is 0 Å². The Morgan fingerprint density at radius 1 is 1.38 bits per heavy atom. The van der Waals surface area contributed by atoms with E-state index in [0.717, 1.165) is 25.5 Å². The molecule has 2 nitrogen and oxygen atoms in total. The predicted octanol–water partition coefficient (Wildman–Crippen LogP) is 3.69. The molecule has 6 heteroatoms.